The lowest BCUT2D eigenvalue weighted by atomic mass is 9.98. The Bertz CT molecular complexity index is 369. The van der Waals surface area contributed by atoms with Gasteiger partial charge in [0.05, 0.1) is 13.0 Å². The van der Waals surface area contributed by atoms with Crippen LogP contribution in [-0.2, 0) is 19.1 Å². The Morgan fingerprint density at radius 3 is 2.78 bits per heavy atom. The third kappa shape index (κ3) is 2.47. The number of hydrogen-bond acceptors (Lipinski definition) is 4. The maximum atomic E-state index is 12.3. The van der Waals surface area contributed by atoms with Crippen molar-refractivity contribution in [2.24, 2.45) is 5.92 Å². The van der Waals surface area contributed by atoms with Crippen molar-refractivity contribution in [3.8, 4) is 0 Å². The van der Waals surface area contributed by atoms with E-state index in [0.717, 1.165) is 12.8 Å². The summed E-state index contributed by atoms with van der Waals surface area (Å²) >= 11 is 0. The van der Waals surface area contributed by atoms with Crippen molar-refractivity contribution in [1.82, 2.24) is 10.2 Å². The number of nitrogens with one attached hydrogen (secondary N) is 1. The van der Waals surface area contributed by atoms with E-state index in [9.17, 15) is 14.4 Å². The molecule has 2 unspecified atom stereocenters. The van der Waals surface area contributed by atoms with E-state index in [-0.39, 0.29) is 30.1 Å². The Morgan fingerprint density at radius 1 is 1.39 bits per heavy atom. The molecular weight excluding hydrogens is 236 g/mol. The van der Waals surface area contributed by atoms with E-state index >= 15 is 0 Å². The highest BCUT2D eigenvalue weighted by Crippen LogP contribution is 2.22. The average molecular weight is 254 g/mol. The van der Waals surface area contributed by atoms with Gasteiger partial charge in [0.2, 0.25) is 11.8 Å². The third-order valence-electron chi connectivity index (χ3n) is 3.59. The van der Waals surface area contributed by atoms with E-state index in [1.165, 1.54) is 7.11 Å². The molecule has 2 heterocycles. The maximum absolute atomic E-state index is 12.3. The number of nitrogens with zero attached hydrogens (tertiary/aromatic N) is 1. The lowest BCUT2D eigenvalue weighted by Gasteiger charge is -2.35. The van der Waals surface area contributed by atoms with Crippen molar-refractivity contribution >= 4 is 17.8 Å². The van der Waals surface area contributed by atoms with Crippen LogP contribution in [0.5, 0.6) is 0 Å². The molecule has 0 radical (unpaired) electrons. The van der Waals surface area contributed by atoms with Crippen LogP contribution >= 0.6 is 0 Å². The number of carbonyl (C=O) groups is 3. The number of carbonyl (C=O) groups excluding carboxylic acids is 3. The highest BCUT2D eigenvalue weighted by Gasteiger charge is 2.38. The highest BCUT2D eigenvalue weighted by atomic mass is 16.5. The first-order valence-electron chi connectivity index (χ1n) is 6.28. The fourth-order valence-corrected chi connectivity index (χ4v) is 2.59. The molecule has 0 aromatic heterocycles. The van der Waals surface area contributed by atoms with Crippen molar-refractivity contribution < 1.29 is 19.1 Å². The zero-order chi connectivity index (χ0) is 13.1. The number of methoxy groups -OCH3 is 1. The van der Waals surface area contributed by atoms with Crippen LogP contribution in [0.1, 0.15) is 25.7 Å². The van der Waals surface area contributed by atoms with E-state index in [4.69, 9.17) is 4.74 Å². The number of piperidine rings is 1. The van der Waals surface area contributed by atoms with Crippen LogP contribution in [0.4, 0.5) is 0 Å². The molecule has 2 aliphatic rings. The van der Waals surface area contributed by atoms with Gasteiger partial charge in [-0.3, -0.25) is 9.59 Å². The summed E-state index contributed by atoms with van der Waals surface area (Å²) in [7, 11) is 1.33. The summed E-state index contributed by atoms with van der Waals surface area (Å²) in [4.78, 5) is 36.7. The van der Waals surface area contributed by atoms with Gasteiger partial charge in [-0.25, -0.2) is 4.79 Å². The second-order valence-corrected chi connectivity index (χ2v) is 4.77. The molecule has 0 bridgehead atoms. The Kier molecular flexibility index (Phi) is 3.84. The van der Waals surface area contributed by atoms with E-state index in [1.54, 1.807) is 4.90 Å². The zero-order valence-corrected chi connectivity index (χ0v) is 10.5. The summed E-state index contributed by atoms with van der Waals surface area (Å²) in [5.74, 6) is -0.897. The number of hydrogen-bond donors (Lipinski definition) is 1. The van der Waals surface area contributed by atoms with Crippen LogP contribution in [0.3, 0.4) is 0 Å². The molecule has 0 spiro atoms. The molecule has 0 aromatic carbocycles. The summed E-state index contributed by atoms with van der Waals surface area (Å²) in [5, 5.41) is 2.65. The number of rotatable bonds is 2. The first-order chi connectivity index (χ1) is 8.63. The smallest absolute Gasteiger partial charge is 0.328 e. The van der Waals surface area contributed by atoms with Gasteiger partial charge < -0.3 is 15.0 Å². The molecule has 2 fully saturated rings. The van der Waals surface area contributed by atoms with Gasteiger partial charge in [-0.2, -0.15) is 0 Å². The normalized spacial score (nSPS) is 27.8. The summed E-state index contributed by atoms with van der Waals surface area (Å²) in [6.45, 7) is 0.950. The molecule has 2 rings (SSSR count). The van der Waals surface area contributed by atoms with Gasteiger partial charge in [-0.05, 0) is 19.3 Å². The predicted octanol–water partition coefficient (Wildman–Crippen LogP) is -0.323. The summed E-state index contributed by atoms with van der Waals surface area (Å²) in [6.07, 6.45) is 2.69. The van der Waals surface area contributed by atoms with Crippen molar-refractivity contribution in [2.75, 3.05) is 20.2 Å². The second-order valence-electron chi connectivity index (χ2n) is 4.77. The summed E-state index contributed by atoms with van der Waals surface area (Å²) < 4.78 is 4.74. The summed E-state index contributed by atoms with van der Waals surface area (Å²) in [5.41, 5.74) is 0. The van der Waals surface area contributed by atoms with Crippen LogP contribution in [0.25, 0.3) is 0 Å². The van der Waals surface area contributed by atoms with Gasteiger partial charge in [0.1, 0.15) is 6.04 Å². The van der Waals surface area contributed by atoms with Gasteiger partial charge in [0.15, 0.2) is 0 Å². The zero-order valence-electron chi connectivity index (χ0n) is 10.5. The fourth-order valence-electron chi connectivity index (χ4n) is 2.59. The third-order valence-corrected chi connectivity index (χ3v) is 3.59. The molecular formula is C12H18N2O4. The SMILES string of the molecule is COC(=O)C1CCCCN1C(=O)C1CNC(=O)C1. The van der Waals surface area contributed by atoms with Crippen molar-refractivity contribution in [1.29, 1.82) is 0 Å². The first-order valence-corrected chi connectivity index (χ1v) is 6.28. The molecule has 6 nitrogen and oxygen atoms in total. The lowest BCUT2D eigenvalue weighted by Crippen LogP contribution is -2.50. The van der Waals surface area contributed by atoms with Crippen LogP contribution in [0.15, 0.2) is 0 Å². The molecule has 2 atom stereocenters. The van der Waals surface area contributed by atoms with Gasteiger partial charge in [-0.1, -0.05) is 0 Å². The minimum atomic E-state index is -0.480. The highest BCUT2D eigenvalue weighted by molar-refractivity contribution is 5.91. The summed E-state index contributed by atoms with van der Waals surface area (Å²) in [6, 6.07) is -0.480. The predicted molar refractivity (Wildman–Crippen MR) is 62.5 cm³/mol. The average Bonchev–Trinajstić information content (AvgIpc) is 2.83. The van der Waals surface area contributed by atoms with Gasteiger partial charge in [0, 0.05) is 19.5 Å². The fraction of sp³-hybridized carbons (Fsp3) is 0.750. The number of esters is 1. The van der Waals surface area contributed by atoms with Crippen LogP contribution in [0.2, 0.25) is 0 Å². The minimum absolute atomic E-state index is 0.0972. The van der Waals surface area contributed by atoms with E-state index < -0.39 is 6.04 Å². The number of likely N-dealkylation sites (tertiary alicyclic amines) is 1. The van der Waals surface area contributed by atoms with Crippen LogP contribution < -0.4 is 5.32 Å². The monoisotopic (exact) mass is 254 g/mol. The molecule has 2 amide bonds. The molecule has 100 valence electrons. The largest absolute Gasteiger partial charge is 0.467 e. The molecule has 2 aliphatic heterocycles. The van der Waals surface area contributed by atoms with Gasteiger partial charge in [0.25, 0.3) is 0 Å². The quantitative estimate of drug-likeness (QED) is 0.685. The Labute approximate surface area is 106 Å². The number of amides is 2. The Hall–Kier alpha value is -1.59. The standard InChI is InChI=1S/C12H18N2O4/c1-18-12(17)9-4-2-3-5-14(9)11(16)8-6-10(15)13-7-8/h8-9H,2-7H2,1H3,(H,13,15). The molecule has 18 heavy (non-hydrogen) atoms. The maximum Gasteiger partial charge on any atom is 0.328 e. The topological polar surface area (TPSA) is 75.7 Å². The van der Waals surface area contributed by atoms with Gasteiger partial charge >= 0.3 is 5.97 Å². The van der Waals surface area contributed by atoms with Crippen LogP contribution in [0, 0.1) is 5.92 Å². The second kappa shape index (κ2) is 5.37. The first kappa shape index (κ1) is 12.9. The van der Waals surface area contributed by atoms with Crippen molar-refractivity contribution in [3.05, 3.63) is 0 Å². The molecule has 1 N–H and O–H groups in total. The van der Waals surface area contributed by atoms with Crippen molar-refractivity contribution in [2.45, 2.75) is 31.7 Å². The van der Waals surface area contributed by atoms with Crippen molar-refractivity contribution in [3.63, 3.8) is 0 Å². The molecule has 0 saturated carbocycles. The van der Waals surface area contributed by atoms with Crippen LogP contribution in [-0.4, -0.2) is 48.9 Å². The minimum Gasteiger partial charge on any atom is -0.467 e. The number of ether oxygens (including phenoxy) is 1. The molecule has 2 saturated heterocycles. The molecule has 0 aromatic rings. The lowest BCUT2D eigenvalue weighted by molar-refractivity contribution is -0.156. The van der Waals surface area contributed by atoms with Gasteiger partial charge in [-0.15, -0.1) is 0 Å². The van der Waals surface area contributed by atoms with E-state index in [0.29, 0.717) is 19.5 Å². The molecule has 6 heteroatoms. The van der Waals surface area contributed by atoms with E-state index in [1.807, 2.05) is 0 Å². The molecule has 0 aliphatic carbocycles. The Balaban J connectivity index is 2.06. The van der Waals surface area contributed by atoms with E-state index in [2.05, 4.69) is 5.32 Å². The Morgan fingerprint density at radius 2 is 2.17 bits per heavy atom.